The molecule has 0 aliphatic carbocycles. The van der Waals surface area contributed by atoms with Crippen LogP contribution in [0, 0.1) is 0 Å². The van der Waals surface area contributed by atoms with Crippen LogP contribution in [0.15, 0.2) is 29.6 Å². The maximum absolute atomic E-state index is 12.0. The van der Waals surface area contributed by atoms with Crippen molar-refractivity contribution in [3.63, 3.8) is 0 Å². The number of nitrogens with one attached hydrogen (secondary N) is 1. The van der Waals surface area contributed by atoms with Crippen LogP contribution in [0.4, 0.5) is 8.78 Å². The van der Waals surface area contributed by atoms with Crippen LogP contribution in [0.2, 0.25) is 0 Å². The summed E-state index contributed by atoms with van der Waals surface area (Å²) in [6.07, 6.45) is 0.642. The molecule has 0 spiro atoms. The van der Waals surface area contributed by atoms with Gasteiger partial charge in [0.2, 0.25) is 0 Å². The number of nitrogens with zero attached hydrogens (tertiary/aromatic N) is 1. The van der Waals surface area contributed by atoms with Crippen LogP contribution in [0.3, 0.4) is 0 Å². The highest BCUT2D eigenvalue weighted by Crippen LogP contribution is 2.15. The summed E-state index contributed by atoms with van der Waals surface area (Å²) in [4.78, 5) is 16.1. The predicted molar refractivity (Wildman–Crippen MR) is 79.1 cm³/mol. The molecule has 1 heterocycles. The van der Waals surface area contributed by atoms with Gasteiger partial charge < -0.3 is 15.8 Å². The van der Waals surface area contributed by atoms with E-state index in [9.17, 15) is 13.6 Å². The Balaban J connectivity index is 1.87. The Labute approximate surface area is 130 Å². The number of amides is 1. The Kier molecular flexibility index (Phi) is 5.79. The molecule has 0 fully saturated rings. The minimum atomic E-state index is -2.85. The van der Waals surface area contributed by atoms with E-state index in [-0.39, 0.29) is 18.2 Å². The summed E-state index contributed by atoms with van der Waals surface area (Å²) in [5.41, 5.74) is 6.56. The Morgan fingerprint density at radius 3 is 2.73 bits per heavy atom. The minimum absolute atomic E-state index is 0.0796. The first-order valence-corrected chi connectivity index (χ1v) is 7.43. The molecule has 2 aromatic rings. The highest BCUT2D eigenvalue weighted by Gasteiger charge is 2.10. The van der Waals surface area contributed by atoms with Crippen LogP contribution in [-0.4, -0.2) is 24.0 Å². The third-order valence-corrected chi connectivity index (χ3v) is 3.65. The molecule has 1 amide bonds. The summed E-state index contributed by atoms with van der Waals surface area (Å²) in [5, 5.41) is 5.22. The zero-order valence-electron chi connectivity index (χ0n) is 11.6. The van der Waals surface area contributed by atoms with Crippen molar-refractivity contribution in [2.45, 2.75) is 19.6 Å². The number of halogens is 2. The van der Waals surface area contributed by atoms with E-state index in [4.69, 9.17) is 5.73 Å². The van der Waals surface area contributed by atoms with Crippen LogP contribution >= 0.6 is 11.3 Å². The number of carbonyl (C=O) groups is 1. The third-order valence-electron chi connectivity index (χ3n) is 2.74. The van der Waals surface area contributed by atoms with Crippen molar-refractivity contribution in [1.82, 2.24) is 10.3 Å². The third kappa shape index (κ3) is 4.74. The molecule has 0 saturated carbocycles. The van der Waals surface area contributed by atoms with E-state index in [0.717, 1.165) is 10.6 Å². The molecule has 0 aliphatic heterocycles. The van der Waals surface area contributed by atoms with Crippen molar-refractivity contribution in [1.29, 1.82) is 0 Å². The standard InChI is InChI=1S/C14H15F2N3O2S/c15-14(16)21-10-3-1-9(2-4-10)7-18-13(20)11-8-22-12(19-11)5-6-17/h1-4,8,14H,5-7,17H2,(H,18,20). The van der Waals surface area contributed by atoms with E-state index in [2.05, 4.69) is 15.0 Å². The van der Waals surface area contributed by atoms with E-state index < -0.39 is 6.61 Å². The molecule has 0 atom stereocenters. The first-order valence-electron chi connectivity index (χ1n) is 6.55. The molecule has 3 N–H and O–H groups in total. The Bertz CT molecular complexity index is 617. The number of thiazole rings is 1. The van der Waals surface area contributed by atoms with Crippen LogP contribution in [0.1, 0.15) is 21.1 Å². The number of carbonyl (C=O) groups excluding carboxylic acids is 1. The van der Waals surface area contributed by atoms with E-state index in [0.29, 0.717) is 18.7 Å². The van der Waals surface area contributed by atoms with Gasteiger partial charge in [-0.1, -0.05) is 12.1 Å². The first-order chi connectivity index (χ1) is 10.6. The molecule has 0 radical (unpaired) electrons. The van der Waals surface area contributed by atoms with Crippen LogP contribution < -0.4 is 15.8 Å². The maximum Gasteiger partial charge on any atom is 0.387 e. The molecule has 22 heavy (non-hydrogen) atoms. The van der Waals surface area contributed by atoms with Crippen molar-refractivity contribution in [2.24, 2.45) is 5.73 Å². The van der Waals surface area contributed by atoms with Gasteiger partial charge in [0.25, 0.3) is 5.91 Å². The van der Waals surface area contributed by atoms with Crippen molar-refractivity contribution < 1.29 is 18.3 Å². The fraction of sp³-hybridized carbons (Fsp3) is 0.286. The second-order valence-corrected chi connectivity index (χ2v) is 5.31. The summed E-state index contributed by atoms with van der Waals surface area (Å²) in [5.74, 6) is -0.205. The van der Waals surface area contributed by atoms with Crippen LogP contribution in [0.5, 0.6) is 5.75 Å². The summed E-state index contributed by atoms with van der Waals surface area (Å²) < 4.78 is 28.3. The van der Waals surface area contributed by atoms with E-state index in [1.807, 2.05) is 0 Å². The Morgan fingerprint density at radius 1 is 1.36 bits per heavy atom. The molecule has 0 unspecified atom stereocenters. The van der Waals surface area contributed by atoms with Gasteiger partial charge >= 0.3 is 6.61 Å². The largest absolute Gasteiger partial charge is 0.435 e. The fourth-order valence-corrected chi connectivity index (χ4v) is 2.51. The van der Waals surface area contributed by atoms with Gasteiger partial charge in [-0.05, 0) is 24.2 Å². The molecular weight excluding hydrogens is 312 g/mol. The van der Waals surface area contributed by atoms with Crippen molar-refractivity contribution in [3.05, 3.63) is 45.9 Å². The van der Waals surface area contributed by atoms with Gasteiger partial charge in [-0.15, -0.1) is 11.3 Å². The average Bonchev–Trinajstić information content (AvgIpc) is 2.95. The molecule has 2 rings (SSSR count). The molecule has 8 heteroatoms. The zero-order chi connectivity index (χ0) is 15.9. The summed E-state index contributed by atoms with van der Waals surface area (Å²) >= 11 is 1.39. The monoisotopic (exact) mass is 327 g/mol. The molecule has 0 saturated heterocycles. The van der Waals surface area contributed by atoms with Gasteiger partial charge in [0.15, 0.2) is 0 Å². The number of rotatable bonds is 7. The highest BCUT2D eigenvalue weighted by atomic mass is 32.1. The molecule has 118 valence electrons. The molecule has 0 bridgehead atoms. The topological polar surface area (TPSA) is 77.2 Å². The number of alkyl halides is 2. The normalized spacial score (nSPS) is 10.7. The highest BCUT2D eigenvalue weighted by molar-refractivity contribution is 7.09. The predicted octanol–water partition coefficient (Wildman–Crippen LogP) is 2.18. The summed E-state index contributed by atoms with van der Waals surface area (Å²) in [7, 11) is 0. The van der Waals surface area contributed by atoms with Crippen LogP contribution in [0.25, 0.3) is 0 Å². The van der Waals surface area contributed by atoms with Gasteiger partial charge in [-0.3, -0.25) is 4.79 Å². The van der Waals surface area contributed by atoms with Gasteiger partial charge in [0.1, 0.15) is 11.4 Å². The van der Waals surface area contributed by atoms with Crippen LogP contribution in [-0.2, 0) is 13.0 Å². The first kappa shape index (κ1) is 16.3. The fourth-order valence-electron chi connectivity index (χ4n) is 1.72. The van der Waals surface area contributed by atoms with E-state index in [1.54, 1.807) is 17.5 Å². The number of ether oxygens (including phenoxy) is 1. The van der Waals surface area contributed by atoms with Crippen molar-refractivity contribution in [3.8, 4) is 5.75 Å². The van der Waals surface area contributed by atoms with E-state index >= 15 is 0 Å². The van der Waals surface area contributed by atoms with E-state index in [1.165, 1.54) is 23.5 Å². The number of hydrogen-bond donors (Lipinski definition) is 2. The van der Waals surface area contributed by atoms with Gasteiger partial charge in [0, 0.05) is 18.3 Å². The Hall–Kier alpha value is -2.06. The molecule has 1 aromatic carbocycles. The lowest BCUT2D eigenvalue weighted by Crippen LogP contribution is -2.23. The number of hydrogen-bond acceptors (Lipinski definition) is 5. The summed E-state index contributed by atoms with van der Waals surface area (Å²) in [6, 6.07) is 6.07. The maximum atomic E-state index is 12.0. The smallest absolute Gasteiger partial charge is 0.387 e. The quantitative estimate of drug-likeness (QED) is 0.817. The molecule has 5 nitrogen and oxygen atoms in total. The number of benzene rings is 1. The Morgan fingerprint density at radius 2 is 2.09 bits per heavy atom. The van der Waals surface area contributed by atoms with Gasteiger partial charge in [-0.2, -0.15) is 8.78 Å². The number of aromatic nitrogens is 1. The minimum Gasteiger partial charge on any atom is -0.435 e. The lowest BCUT2D eigenvalue weighted by atomic mass is 10.2. The van der Waals surface area contributed by atoms with Gasteiger partial charge in [0.05, 0.1) is 5.01 Å². The number of nitrogens with two attached hydrogens (primary N) is 1. The summed E-state index contributed by atoms with van der Waals surface area (Å²) in [6.45, 7) is -2.09. The molecule has 1 aromatic heterocycles. The zero-order valence-corrected chi connectivity index (χ0v) is 12.4. The molecular formula is C14H15F2N3O2S. The van der Waals surface area contributed by atoms with Crippen molar-refractivity contribution in [2.75, 3.05) is 6.54 Å². The van der Waals surface area contributed by atoms with Crippen molar-refractivity contribution >= 4 is 17.2 Å². The lowest BCUT2D eigenvalue weighted by molar-refractivity contribution is -0.0498. The molecule has 0 aliphatic rings. The second-order valence-electron chi connectivity index (χ2n) is 4.37. The average molecular weight is 327 g/mol. The lowest BCUT2D eigenvalue weighted by Gasteiger charge is -2.06. The second kappa shape index (κ2) is 7.81. The SMILES string of the molecule is NCCc1nc(C(=O)NCc2ccc(OC(F)F)cc2)cs1. The van der Waals surface area contributed by atoms with Gasteiger partial charge in [-0.25, -0.2) is 4.98 Å².